The molecule has 137 radical (unpaired) electrons. The van der Waals surface area contributed by atoms with Crippen LogP contribution in [-0.4, -0.2) is 961 Å². The second kappa shape index (κ2) is 76.6. The van der Waals surface area contributed by atoms with Crippen molar-refractivity contribution >= 4 is 961 Å². The molecule has 0 N–H and O–H groups in total. The Balaban J connectivity index is -0.00000626. The minimum atomic E-state index is -3.08. The molecular weight excluding hydrogens is 1570 g/mol. The van der Waals surface area contributed by atoms with Crippen LogP contribution in [0.15, 0.2) is 0 Å². The first-order valence-electron chi connectivity index (χ1n) is 45.5. The summed E-state index contributed by atoms with van der Waals surface area (Å²) in [5, 5.41) is 15.5. The maximum atomic E-state index is 15.5. The van der Waals surface area contributed by atoms with Crippen LogP contribution in [0.5, 0.6) is 0 Å². The van der Waals surface area contributed by atoms with Crippen molar-refractivity contribution in [2.45, 2.75) is 44.6 Å². The fraction of sp³-hybridized carbons (Fsp3) is 0.857. The van der Waals surface area contributed by atoms with Crippen LogP contribution in [0.3, 0.4) is 0 Å². The molecule has 0 unspecified atom stereocenters. The Hall–Kier alpha value is 8.32. The molecule has 0 heterocycles. The van der Waals surface area contributed by atoms with E-state index >= 15 is 5.26 Å². The maximum absolute atomic E-state index is 15.5. The third-order valence-electron chi connectivity index (χ3n) is 29.6. The van der Waals surface area contributed by atoms with Gasteiger partial charge in [0.05, 0.1) is 0 Å². The monoisotopic (exact) mass is 1620 g/mol. The highest BCUT2D eigenvalue weighted by Crippen LogP contribution is 2.33. The zero-order chi connectivity index (χ0) is 109. The Bertz CT molecular complexity index is 2660. The average Bonchev–Trinajstić information content (AvgIpc) is 0.703. The Morgan fingerprint density at radius 1 is 0.104 bits per heavy atom. The van der Waals surface area contributed by atoms with Crippen LogP contribution in [0.4, 0.5) is 0 Å². The normalized spacial score (nSPS) is 9.41. The smallest absolute Gasteiger partial charge is 0.168 e. The zero-order valence-corrected chi connectivity index (χ0v) is 79.5. The van der Waals surface area contributed by atoms with E-state index in [0.29, 0.717) is 0 Å². The maximum Gasteiger partial charge on any atom is 0.168 e. The van der Waals surface area contributed by atoms with E-state index in [1.807, 2.05) is 0 Å². The van der Waals surface area contributed by atoms with Gasteiger partial charge in [0.1, 0.15) is 0 Å². The number of hydrogen-bond donors (Lipinski definition) is 0. The molecule has 0 aliphatic rings. The molecule has 1 nitrogen and oxygen atoms in total. The Kier molecular flexibility index (Phi) is 87.8. The lowest BCUT2D eigenvalue weighted by molar-refractivity contribution is 1.56. The molecule has 0 amide bonds. The molecule has 0 aliphatic heterocycles. The molecule has 0 rings (SSSR count). The molecule has 0 aromatic rings. The minimum absolute atomic E-state index is 0. The van der Waals surface area contributed by atoms with Gasteiger partial charge < -0.3 is 0 Å². The lowest BCUT2D eigenvalue weighted by atomic mass is 8.19. The quantitative estimate of drug-likeness (QED) is 0.0557. The van der Waals surface area contributed by atoms with Crippen molar-refractivity contribution in [1.82, 2.24) is 0 Å². The third-order valence-corrected chi connectivity index (χ3v) is 29.6. The van der Waals surface area contributed by atoms with Crippen LogP contribution in [0.1, 0.15) is 44.6 Å². The van der Waals surface area contributed by atoms with Crippen molar-refractivity contribution in [3.05, 3.63) is 0 Å². The van der Waals surface area contributed by atoms with E-state index < -0.39 is 428 Å². The van der Waals surface area contributed by atoms with Gasteiger partial charge in [-0.25, -0.2) is 5.26 Å². The van der Waals surface area contributed by atoms with E-state index in [-0.39, 0.29) is 44.6 Å². The number of rotatable bonds is 67. The summed E-state index contributed by atoms with van der Waals surface area (Å²) in [6.07, 6.45) is -147. The van der Waals surface area contributed by atoms with E-state index in [4.69, 9.17) is 526 Å². The molecule has 0 saturated carbocycles. The highest BCUT2D eigenvalue weighted by atomic mass is 14.2. The molecule has 0 atom stereocenters. The van der Waals surface area contributed by atoms with Crippen molar-refractivity contribution in [2.24, 2.45) is 0 Å². The van der Waals surface area contributed by atoms with Gasteiger partial charge in [0.15, 0.2) is 6.49 Å². The van der Waals surface area contributed by atoms with Gasteiger partial charge >= 0.3 is 0 Å². The van der Waals surface area contributed by atoms with E-state index in [2.05, 4.69) is 5.97 Å². The van der Waals surface area contributed by atoms with E-state index in [1.54, 1.807) is 0 Å². The summed E-state index contributed by atoms with van der Waals surface area (Å²) in [5.74, 6) is 2.65. The van der Waals surface area contributed by atoms with E-state index in [9.17, 15) is 0 Å². The van der Waals surface area contributed by atoms with Crippen LogP contribution >= 0.6 is 0 Å². The van der Waals surface area contributed by atoms with Crippen LogP contribution in [0.2, 0.25) is 0 Å². The molecule has 144 heavy (non-hydrogen) atoms. The fourth-order valence-corrected chi connectivity index (χ4v) is 25.1. The van der Waals surface area contributed by atoms with Gasteiger partial charge in [0.25, 0.3) is 0 Å². The molecule has 0 saturated heterocycles. The predicted octanol–water partition coefficient (Wildman–Crippen LogP) is -48.0. The van der Waals surface area contributed by atoms with Gasteiger partial charge in [-0.15, -0.1) is 0 Å². The highest BCUT2D eigenvalue weighted by molar-refractivity contribution is 8.46. The van der Waals surface area contributed by atoms with Crippen LogP contribution in [0, 0.1) is 11.2 Å². The average molecular weight is 1590 g/mol. The number of nitrogens with zero attached hydrogens (tertiary/aromatic N) is 1. The lowest BCUT2D eigenvalue weighted by Gasteiger charge is -2.62. The van der Waals surface area contributed by atoms with Crippen LogP contribution in [0.25, 0.3) is 0 Å². The minimum Gasteiger partial charge on any atom is -0.214 e. The summed E-state index contributed by atoms with van der Waals surface area (Å²) in [4.78, 5) is 0. The second-order valence-electron chi connectivity index (χ2n) is 39.0. The number of nitriles is 1. The molecular formula is C7H24B136N. The zero-order valence-electron chi connectivity index (χ0n) is 79.5. The first kappa shape index (κ1) is 165. The third kappa shape index (κ3) is 43.9. The summed E-state index contributed by atoms with van der Waals surface area (Å²) in [6, 6.07) is 0. The molecule has 465 valence electrons. The lowest BCUT2D eigenvalue weighted by Crippen LogP contribution is -3.01. The van der Waals surface area contributed by atoms with Crippen LogP contribution in [-0.2, 0) is 0 Å². The van der Waals surface area contributed by atoms with Crippen molar-refractivity contribution in [1.29, 1.82) is 5.26 Å². The topological polar surface area (TPSA) is 23.8 Å². The van der Waals surface area contributed by atoms with Crippen molar-refractivity contribution in [2.75, 3.05) is 0 Å². The van der Waals surface area contributed by atoms with Gasteiger partial charge in [-0.05, 0) is 5.97 Å². The summed E-state index contributed by atoms with van der Waals surface area (Å²) < 4.78 is 0. The Morgan fingerprint density at radius 2 is 0.167 bits per heavy atom. The van der Waals surface area contributed by atoms with Crippen molar-refractivity contribution in [3.8, 4) is 5.97 Å². The first-order valence-corrected chi connectivity index (χ1v) is 45.5. The SMILES string of the molecule is C.C.C.C.C.C.[B][B]B([B])B(B([B])[B])B(B(B(B([B])[B])B([B])[B])B(B([B])[B])B([B])[B])B(B(B(C#N)B(B(B(B(B([B])[B])B([B])[B])B(B([B])[B])B([B])[B])B(B(B([B])[B])B([B])[B])B(B([B])[B])B([B])[B])B(B(B(B([B])[B])B([B])[B])B(B([B])[B])B([B])[B])B(B(B([B])[B])B([B])[B])B(B([B])[B])B([B])[B])B(B(B(B([B])[B])B([B])[B])B(B([B])[B])B([B])[B])B(B(B([B])[B])B([B])[B])B(B([B])[B])B([B])[B])B(B(B([B])[B])B([B])[B])B(B([B])[B])B([B])[B]. The molecule has 0 aromatic carbocycles. The van der Waals surface area contributed by atoms with Crippen molar-refractivity contribution in [3.63, 3.8) is 0 Å². The van der Waals surface area contributed by atoms with Crippen LogP contribution < -0.4 is 0 Å². The number of hydrogen-bond acceptors (Lipinski definition) is 1. The standard InChI is InChI=1S/CB136N.6CH4/c2-70-105(69)124(104(67)68)137(136(122(100(59)60)101(61)62)123(102(63)64)103(65)66)128(135(120(96(51)52)97(53)54)121(98(55)56)99(57)58)107(127(133(116(88(35)36)89(37)38)117(90(39)40)91(41)42)134(118(92(43)44)93(45)46)119(94(47)48)95(49)50)71(1-138)106(125(129(108(72(3)4)73(5)6)109(74(7)8)75(9)10)130(110(76(11)12)77(13)14)111(78(15)16)79(17)18)126(131(112(80(19)20)81(21)22)113(82(23)24)83(25)26)132(114(84(27)28)85(29)30)115(86(31)32)87(33)34;;;;;;/h;6*1H4. The van der Waals surface area contributed by atoms with Gasteiger partial charge in [-0.1, -0.05) is 44.6 Å². The fourth-order valence-electron chi connectivity index (χ4n) is 25.1. The van der Waals surface area contributed by atoms with E-state index in [1.165, 1.54) is 0 Å². The van der Waals surface area contributed by atoms with Crippen molar-refractivity contribution < 1.29 is 0 Å². The Labute approximate surface area is 1010 Å². The predicted molar refractivity (Wildman–Crippen MR) is 829 cm³/mol. The molecule has 0 aromatic heterocycles. The first-order chi connectivity index (χ1) is 62.9. The largest absolute Gasteiger partial charge is 0.214 e. The summed E-state index contributed by atoms with van der Waals surface area (Å²) in [6.45, 7) is -3.08. The molecule has 137 heteroatoms. The van der Waals surface area contributed by atoms with Gasteiger partial charge in [-0.3, -0.25) is 0 Å². The highest BCUT2D eigenvalue weighted by Gasteiger charge is 2.72. The van der Waals surface area contributed by atoms with Gasteiger partial charge in [0, 0.05) is 955 Å². The van der Waals surface area contributed by atoms with Gasteiger partial charge in [-0.2, -0.15) is 0 Å². The Morgan fingerprint density at radius 3 is 0.222 bits per heavy atom. The molecule has 0 spiro atoms. The second-order valence-corrected chi connectivity index (χ2v) is 39.0. The van der Waals surface area contributed by atoms with Gasteiger partial charge in [0.2, 0.25) is 0 Å². The molecule has 0 bridgehead atoms. The summed E-state index contributed by atoms with van der Waals surface area (Å²) >= 11 is 0. The van der Waals surface area contributed by atoms with E-state index in [0.717, 1.165) is 7.06 Å². The summed E-state index contributed by atoms with van der Waals surface area (Å²) in [5.41, 5.74) is 0. The molecule has 0 aliphatic carbocycles. The molecule has 0 fully saturated rings. The summed E-state index contributed by atoms with van der Waals surface area (Å²) in [7, 11) is 503.